The van der Waals surface area contributed by atoms with Gasteiger partial charge in [0.15, 0.2) is 0 Å². The molecular weight excluding hydrogens is 494 g/mol. The number of nitrogens with zero attached hydrogens (tertiary/aromatic N) is 2. The van der Waals surface area contributed by atoms with Gasteiger partial charge in [0, 0.05) is 36.5 Å². The zero-order valence-corrected chi connectivity index (χ0v) is 22.1. The number of ether oxygens (including phenoxy) is 3. The molecule has 0 saturated carbocycles. The Bertz CT molecular complexity index is 1590. The lowest BCUT2D eigenvalue weighted by Gasteiger charge is -2.17. The predicted octanol–water partition coefficient (Wildman–Crippen LogP) is 5.56. The van der Waals surface area contributed by atoms with Crippen LogP contribution in [-0.2, 0) is 42.8 Å². The van der Waals surface area contributed by atoms with Gasteiger partial charge in [-0.3, -0.25) is 9.48 Å². The number of benzene rings is 3. The van der Waals surface area contributed by atoms with E-state index >= 15 is 0 Å². The molecule has 0 aliphatic rings. The molecule has 0 spiro atoms. The van der Waals surface area contributed by atoms with E-state index in [-0.39, 0.29) is 25.6 Å². The van der Waals surface area contributed by atoms with E-state index in [0.29, 0.717) is 30.2 Å². The van der Waals surface area contributed by atoms with Crippen LogP contribution in [0.15, 0.2) is 83.6 Å². The number of aryl methyl sites for hydroxylation is 1. The van der Waals surface area contributed by atoms with Gasteiger partial charge in [0.25, 0.3) is 0 Å². The lowest BCUT2D eigenvalue weighted by Crippen LogP contribution is -2.09. The molecule has 0 amide bonds. The summed E-state index contributed by atoms with van der Waals surface area (Å²) < 4.78 is 25.5. The Kier molecular flexibility index (Phi) is 7.94. The topological polar surface area (TPSA) is 102 Å². The Hall–Kier alpha value is -4.56. The van der Waals surface area contributed by atoms with Gasteiger partial charge in [-0.05, 0) is 48.4 Å². The molecule has 0 aliphatic carbocycles. The maximum atomic E-state index is 12.2. The number of furan rings is 1. The van der Waals surface area contributed by atoms with Gasteiger partial charge in [-0.25, -0.2) is 0 Å². The first kappa shape index (κ1) is 26.1. The first-order valence-corrected chi connectivity index (χ1v) is 12.9. The number of hydrogen-bond donors (Lipinski definition) is 1. The summed E-state index contributed by atoms with van der Waals surface area (Å²) in [5.41, 5.74) is 11.9. The first-order valence-electron chi connectivity index (χ1n) is 12.9. The van der Waals surface area contributed by atoms with Crippen LogP contribution in [0.4, 0.5) is 0 Å². The minimum atomic E-state index is -0.296. The molecule has 0 bridgehead atoms. The Morgan fingerprint density at radius 1 is 1.00 bits per heavy atom. The smallest absolute Gasteiger partial charge is 0.310 e. The van der Waals surface area contributed by atoms with Gasteiger partial charge in [0.2, 0.25) is 0 Å². The number of rotatable bonds is 11. The normalized spacial score (nSPS) is 11.1. The van der Waals surface area contributed by atoms with Crippen molar-refractivity contribution in [3.05, 3.63) is 102 Å². The van der Waals surface area contributed by atoms with E-state index < -0.39 is 0 Å². The highest BCUT2D eigenvalue weighted by molar-refractivity contribution is 5.97. The average Bonchev–Trinajstić information content (AvgIpc) is 3.60. The van der Waals surface area contributed by atoms with E-state index in [1.807, 2.05) is 73.9 Å². The zero-order valence-electron chi connectivity index (χ0n) is 22.1. The molecule has 0 radical (unpaired) electrons. The van der Waals surface area contributed by atoms with Crippen molar-refractivity contribution in [2.45, 2.75) is 33.1 Å². The summed E-state index contributed by atoms with van der Waals surface area (Å²) >= 11 is 0. The summed E-state index contributed by atoms with van der Waals surface area (Å²) in [5.74, 6) is 0.973. The summed E-state index contributed by atoms with van der Waals surface area (Å²) in [5, 5.41) is 5.27. The minimum absolute atomic E-state index is 0.130. The molecule has 5 aromatic rings. The Morgan fingerprint density at radius 2 is 1.87 bits per heavy atom. The Labute approximate surface area is 226 Å². The molecule has 39 heavy (non-hydrogen) atoms. The van der Waals surface area contributed by atoms with Crippen LogP contribution in [0.2, 0.25) is 0 Å². The predicted molar refractivity (Wildman–Crippen MR) is 148 cm³/mol. The van der Waals surface area contributed by atoms with Crippen LogP contribution < -0.4 is 15.2 Å². The van der Waals surface area contributed by atoms with Crippen molar-refractivity contribution >= 4 is 16.9 Å². The highest BCUT2D eigenvalue weighted by atomic mass is 16.5. The van der Waals surface area contributed by atoms with Crippen LogP contribution in [-0.4, -0.2) is 22.4 Å². The van der Waals surface area contributed by atoms with Crippen LogP contribution in [0.3, 0.4) is 0 Å². The summed E-state index contributed by atoms with van der Waals surface area (Å²) in [6.07, 6.45) is 3.67. The molecule has 2 heterocycles. The fourth-order valence-corrected chi connectivity index (χ4v) is 4.53. The number of aromatic nitrogens is 2. The minimum Gasteiger partial charge on any atom is -0.488 e. The molecule has 8 heteroatoms. The van der Waals surface area contributed by atoms with Crippen molar-refractivity contribution in [1.29, 1.82) is 0 Å². The molecule has 5 rings (SSSR count). The average molecular weight is 526 g/mol. The van der Waals surface area contributed by atoms with Crippen molar-refractivity contribution in [3.63, 3.8) is 0 Å². The molecule has 8 nitrogen and oxygen atoms in total. The number of nitrogens with two attached hydrogens (primary N) is 1. The second kappa shape index (κ2) is 11.9. The number of carbonyl (C=O) groups excluding carboxylic acids is 1. The number of carbonyl (C=O) groups is 1. The number of hydrogen-bond acceptors (Lipinski definition) is 7. The fraction of sp³-hybridized carbons (Fsp3) is 0.226. The van der Waals surface area contributed by atoms with Crippen LogP contribution in [0, 0.1) is 0 Å². The molecule has 2 N–H and O–H groups in total. The van der Waals surface area contributed by atoms with Gasteiger partial charge in [0.05, 0.1) is 30.4 Å². The third-order valence-electron chi connectivity index (χ3n) is 6.37. The van der Waals surface area contributed by atoms with Crippen LogP contribution in [0.1, 0.15) is 29.3 Å². The fourth-order valence-electron chi connectivity index (χ4n) is 4.53. The van der Waals surface area contributed by atoms with Crippen LogP contribution >= 0.6 is 0 Å². The van der Waals surface area contributed by atoms with Gasteiger partial charge in [-0.1, -0.05) is 36.4 Å². The molecular formula is C31H31N3O5. The van der Waals surface area contributed by atoms with Crippen molar-refractivity contribution in [2.75, 3.05) is 6.61 Å². The maximum Gasteiger partial charge on any atom is 0.310 e. The standard InChI is InChI=1S/C31H31N3O5/c1-3-36-29(35)17-23-8-4-5-10-28(23)38-19-24-16-27(22-9-6-7-21(15-22)18-32)31-26(12-14-37-31)30(24)39-20-25-11-13-34(2)33-25/h4-16H,3,17-20,32H2,1-2H3. The number of para-hydroxylation sites is 1. The Balaban J connectivity index is 1.53. The monoisotopic (exact) mass is 525 g/mol. The van der Waals surface area contributed by atoms with E-state index in [0.717, 1.165) is 38.9 Å². The SMILES string of the molecule is CCOC(=O)Cc1ccccc1OCc1cc(-c2cccc(CN)c2)c2occc2c1OCc1ccn(C)n1. The highest BCUT2D eigenvalue weighted by Crippen LogP contribution is 2.39. The van der Waals surface area contributed by atoms with Gasteiger partial charge in [-0.15, -0.1) is 0 Å². The van der Waals surface area contributed by atoms with E-state index in [1.165, 1.54) is 0 Å². The van der Waals surface area contributed by atoms with Gasteiger partial charge in [0.1, 0.15) is 30.3 Å². The molecule has 3 aromatic carbocycles. The first-order chi connectivity index (χ1) is 19.1. The third-order valence-corrected chi connectivity index (χ3v) is 6.37. The third kappa shape index (κ3) is 5.97. The molecule has 2 aromatic heterocycles. The Morgan fingerprint density at radius 3 is 2.67 bits per heavy atom. The second-order valence-electron chi connectivity index (χ2n) is 9.13. The zero-order chi connectivity index (χ0) is 27.2. The molecule has 0 atom stereocenters. The maximum absolute atomic E-state index is 12.2. The summed E-state index contributed by atoms with van der Waals surface area (Å²) in [6, 6.07) is 21.4. The lowest BCUT2D eigenvalue weighted by molar-refractivity contribution is -0.142. The van der Waals surface area contributed by atoms with Crippen LogP contribution in [0.5, 0.6) is 11.5 Å². The molecule has 0 aliphatic heterocycles. The van der Waals surface area contributed by atoms with Crippen LogP contribution in [0.25, 0.3) is 22.1 Å². The highest BCUT2D eigenvalue weighted by Gasteiger charge is 2.19. The molecule has 0 fully saturated rings. The quantitative estimate of drug-likeness (QED) is 0.225. The van der Waals surface area contributed by atoms with Crippen molar-refractivity contribution < 1.29 is 23.4 Å². The van der Waals surface area contributed by atoms with E-state index in [2.05, 4.69) is 11.2 Å². The van der Waals surface area contributed by atoms with Crippen molar-refractivity contribution in [3.8, 4) is 22.6 Å². The van der Waals surface area contributed by atoms with Gasteiger partial charge >= 0.3 is 5.97 Å². The number of esters is 1. The molecule has 200 valence electrons. The van der Waals surface area contributed by atoms with Crippen molar-refractivity contribution in [1.82, 2.24) is 9.78 Å². The summed E-state index contributed by atoms with van der Waals surface area (Å²) in [4.78, 5) is 12.2. The van der Waals surface area contributed by atoms with Gasteiger partial charge < -0.3 is 24.4 Å². The number of fused-ring (bicyclic) bond motifs is 1. The van der Waals surface area contributed by atoms with Crippen molar-refractivity contribution in [2.24, 2.45) is 12.8 Å². The lowest BCUT2D eigenvalue weighted by atomic mass is 9.98. The second-order valence-corrected chi connectivity index (χ2v) is 9.13. The molecule has 0 unspecified atom stereocenters. The largest absolute Gasteiger partial charge is 0.488 e. The van der Waals surface area contributed by atoms with E-state index in [1.54, 1.807) is 17.9 Å². The van der Waals surface area contributed by atoms with E-state index in [4.69, 9.17) is 24.4 Å². The molecule has 0 saturated heterocycles. The van der Waals surface area contributed by atoms with Gasteiger partial charge in [-0.2, -0.15) is 5.10 Å². The summed E-state index contributed by atoms with van der Waals surface area (Å²) in [7, 11) is 1.87. The summed E-state index contributed by atoms with van der Waals surface area (Å²) in [6.45, 7) is 3.06. The van der Waals surface area contributed by atoms with E-state index in [9.17, 15) is 4.79 Å².